The summed E-state index contributed by atoms with van der Waals surface area (Å²) in [5.74, 6) is -1.11. The van der Waals surface area contributed by atoms with Gasteiger partial charge in [-0.25, -0.2) is 4.79 Å². The first-order valence-corrected chi connectivity index (χ1v) is 12.3. The molecule has 0 aliphatic heterocycles. The lowest BCUT2D eigenvalue weighted by molar-refractivity contribution is -0.112. The molecule has 0 atom stereocenters. The SMILES string of the molecule is COC(=O)c1ccc(NC(=O)/C(C#N)=C/c2ccc(OS(=O)(=O)c3ccc(C)cc3)c(Br)c2)cc1. The zero-order valence-electron chi connectivity index (χ0n) is 18.6. The van der Waals surface area contributed by atoms with Gasteiger partial charge in [0.2, 0.25) is 0 Å². The second-order valence-corrected chi connectivity index (χ2v) is 9.63. The number of carbonyl (C=O) groups excluding carboxylic acids is 2. The molecule has 35 heavy (non-hydrogen) atoms. The van der Waals surface area contributed by atoms with E-state index in [1.165, 1.54) is 67.8 Å². The van der Waals surface area contributed by atoms with Crippen LogP contribution in [0.4, 0.5) is 5.69 Å². The summed E-state index contributed by atoms with van der Waals surface area (Å²) >= 11 is 3.27. The molecule has 0 fully saturated rings. The van der Waals surface area contributed by atoms with Crippen LogP contribution < -0.4 is 9.50 Å². The van der Waals surface area contributed by atoms with Crippen LogP contribution >= 0.6 is 15.9 Å². The first kappa shape index (κ1) is 25.7. The van der Waals surface area contributed by atoms with Gasteiger partial charge in [-0.2, -0.15) is 13.7 Å². The van der Waals surface area contributed by atoms with Crippen molar-refractivity contribution in [3.05, 3.63) is 93.5 Å². The predicted molar refractivity (Wildman–Crippen MR) is 133 cm³/mol. The monoisotopic (exact) mass is 554 g/mol. The fourth-order valence-electron chi connectivity index (χ4n) is 2.87. The van der Waals surface area contributed by atoms with E-state index in [1.54, 1.807) is 12.1 Å². The molecule has 0 aliphatic rings. The molecule has 1 N–H and O–H groups in total. The number of ether oxygens (including phenoxy) is 1. The molecule has 10 heteroatoms. The molecule has 0 saturated carbocycles. The molecular formula is C25H19BrN2O6S. The molecule has 3 aromatic carbocycles. The average molecular weight is 555 g/mol. The Kier molecular flexibility index (Phi) is 8.06. The maximum absolute atomic E-state index is 12.5. The van der Waals surface area contributed by atoms with Gasteiger partial charge >= 0.3 is 16.1 Å². The van der Waals surface area contributed by atoms with Crippen LogP contribution in [0.3, 0.4) is 0 Å². The van der Waals surface area contributed by atoms with Crippen LogP contribution in [0.25, 0.3) is 6.08 Å². The zero-order valence-corrected chi connectivity index (χ0v) is 21.0. The van der Waals surface area contributed by atoms with Crippen LogP contribution in [0.5, 0.6) is 5.75 Å². The van der Waals surface area contributed by atoms with E-state index in [1.807, 2.05) is 13.0 Å². The maximum atomic E-state index is 12.5. The van der Waals surface area contributed by atoms with E-state index in [2.05, 4.69) is 26.0 Å². The summed E-state index contributed by atoms with van der Waals surface area (Å²) in [6.45, 7) is 1.84. The molecule has 0 saturated heterocycles. The summed E-state index contributed by atoms with van der Waals surface area (Å²) in [4.78, 5) is 24.1. The van der Waals surface area contributed by atoms with Crippen LogP contribution in [-0.2, 0) is 19.6 Å². The summed E-state index contributed by atoms with van der Waals surface area (Å²) in [6, 6.07) is 18.5. The third-order valence-electron chi connectivity index (χ3n) is 4.71. The molecule has 0 heterocycles. The zero-order chi connectivity index (χ0) is 25.6. The van der Waals surface area contributed by atoms with E-state index >= 15 is 0 Å². The van der Waals surface area contributed by atoms with Crippen molar-refractivity contribution < 1.29 is 26.9 Å². The van der Waals surface area contributed by atoms with E-state index in [-0.39, 0.29) is 16.2 Å². The van der Waals surface area contributed by atoms with Gasteiger partial charge in [0.1, 0.15) is 16.5 Å². The van der Waals surface area contributed by atoms with E-state index in [0.717, 1.165) is 5.56 Å². The fraction of sp³-hybridized carbons (Fsp3) is 0.0800. The number of aryl methyl sites for hydroxylation is 1. The van der Waals surface area contributed by atoms with E-state index in [0.29, 0.717) is 21.3 Å². The number of hydrogen-bond donors (Lipinski definition) is 1. The molecule has 8 nitrogen and oxygen atoms in total. The Bertz CT molecular complexity index is 1440. The van der Waals surface area contributed by atoms with Gasteiger partial charge in [0.25, 0.3) is 5.91 Å². The molecule has 0 bridgehead atoms. The van der Waals surface area contributed by atoms with Crippen LogP contribution in [0, 0.1) is 18.3 Å². The number of nitrogens with one attached hydrogen (secondary N) is 1. The van der Waals surface area contributed by atoms with Crippen molar-refractivity contribution in [2.24, 2.45) is 0 Å². The van der Waals surface area contributed by atoms with E-state index in [9.17, 15) is 23.3 Å². The van der Waals surface area contributed by atoms with E-state index < -0.39 is 22.0 Å². The van der Waals surface area contributed by atoms with Crippen molar-refractivity contribution in [2.75, 3.05) is 12.4 Å². The minimum absolute atomic E-state index is 0.0158. The number of hydrogen-bond acceptors (Lipinski definition) is 7. The Morgan fingerprint density at radius 1 is 1.03 bits per heavy atom. The molecule has 3 aromatic rings. The number of nitriles is 1. The second-order valence-electron chi connectivity index (χ2n) is 7.23. The number of anilines is 1. The Balaban J connectivity index is 1.76. The molecule has 178 valence electrons. The fourth-order valence-corrected chi connectivity index (χ4v) is 4.40. The highest BCUT2D eigenvalue weighted by molar-refractivity contribution is 9.10. The predicted octanol–water partition coefficient (Wildman–Crippen LogP) is 4.86. The van der Waals surface area contributed by atoms with Crippen LogP contribution in [0.1, 0.15) is 21.5 Å². The molecule has 0 aliphatic carbocycles. The minimum atomic E-state index is -4.04. The Morgan fingerprint density at radius 3 is 2.26 bits per heavy atom. The molecule has 0 radical (unpaired) electrons. The summed E-state index contributed by atoms with van der Waals surface area (Å²) in [6.07, 6.45) is 1.35. The summed E-state index contributed by atoms with van der Waals surface area (Å²) in [5.41, 5.74) is 1.89. The van der Waals surface area contributed by atoms with Crippen molar-refractivity contribution in [3.63, 3.8) is 0 Å². The number of rotatable bonds is 7. The first-order chi connectivity index (χ1) is 16.6. The molecule has 1 amide bonds. The normalized spacial score (nSPS) is 11.3. The summed E-state index contributed by atoms with van der Waals surface area (Å²) < 4.78 is 35.2. The summed E-state index contributed by atoms with van der Waals surface area (Å²) in [5, 5.41) is 12.0. The number of benzene rings is 3. The second kappa shape index (κ2) is 11.0. The van der Waals surface area contributed by atoms with Gasteiger partial charge < -0.3 is 14.2 Å². The molecule has 0 unspecified atom stereocenters. The van der Waals surface area contributed by atoms with E-state index in [4.69, 9.17) is 4.18 Å². The third-order valence-corrected chi connectivity index (χ3v) is 6.57. The maximum Gasteiger partial charge on any atom is 0.339 e. The van der Waals surface area contributed by atoms with Crippen LogP contribution in [0.15, 0.2) is 81.7 Å². The number of carbonyl (C=O) groups is 2. The first-order valence-electron chi connectivity index (χ1n) is 10.0. The highest BCUT2D eigenvalue weighted by Crippen LogP contribution is 2.30. The largest absolute Gasteiger partial charge is 0.465 e. The third kappa shape index (κ3) is 6.56. The van der Waals surface area contributed by atoms with Gasteiger partial charge in [-0.05, 0) is 83.0 Å². The highest BCUT2D eigenvalue weighted by Gasteiger charge is 2.18. The molecular weight excluding hydrogens is 536 g/mol. The van der Waals surface area contributed by atoms with Crippen molar-refractivity contribution in [1.29, 1.82) is 5.26 Å². The number of methoxy groups -OCH3 is 1. The van der Waals surface area contributed by atoms with Gasteiger partial charge in [-0.3, -0.25) is 4.79 Å². The number of amides is 1. The lowest BCUT2D eigenvalue weighted by atomic mass is 10.1. The van der Waals surface area contributed by atoms with Gasteiger partial charge in [0, 0.05) is 5.69 Å². The highest BCUT2D eigenvalue weighted by atomic mass is 79.9. The van der Waals surface area contributed by atoms with Crippen molar-refractivity contribution in [1.82, 2.24) is 0 Å². The van der Waals surface area contributed by atoms with Crippen LogP contribution in [-0.4, -0.2) is 27.4 Å². The minimum Gasteiger partial charge on any atom is -0.465 e. The Labute approximate surface area is 211 Å². The van der Waals surface area contributed by atoms with Crippen molar-refractivity contribution in [2.45, 2.75) is 11.8 Å². The average Bonchev–Trinajstić information content (AvgIpc) is 2.84. The quantitative estimate of drug-likeness (QED) is 0.191. The summed E-state index contributed by atoms with van der Waals surface area (Å²) in [7, 11) is -2.78. The Hall–Kier alpha value is -3.94. The number of halogens is 1. The van der Waals surface area contributed by atoms with Crippen LogP contribution in [0.2, 0.25) is 0 Å². The standard InChI is InChI=1S/C25H19BrN2O6S/c1-16-3-10-21(11-4-16)35(31,32)34-23-12-5-17(14-22(23)26)13-19(15-27)24(29)28-20-8-6-18(7-9-20)25(30)33-2/h3-14H,1-2H3,(H,28,29)/b19-13+. The molecule has 0 spiro atoms. The van der Waals surface area contributed by atoms with Gasteiger partial charge in [0.15, 0.2) is 5.75 Å². The van der Waals surface area contributed by atoms with Gasteiger partial charge in [-0.15, -0.1) is 0 Å². The number of esters is 1. The van der Waals surface area contributed by atoms with Gasteiger partial charge in [0.05, 0.1) is 17.1 Å². The Morgan fingerprint density at radius 2 is 1.69 bits per heavy atom. The molecule has 3 rings (SSSR count). The lowest BCUT2D eigenvalue weighted by Gasteiger charge is -2.10. The lowest BCUT2D eigenvalue weighted by Crippen LogP contribution is -2.13. The smallest absolute Gasteiger partial charge is 0.339 e. The van der Waals surface area contributed by atoms with Crippen molar-refractivity contribution in [3.8, 4) is 11.8 Å². The topological polar surface area (TPSA) is 123 Å². The molecule has 0 aromatic heterocycles. The number of nitrogens with zero attached hydrogens (tertiary/aromatic N) is 1. The van der Waals surface area contributed by atoms with Gasteiger partial charge in [-0.1, -0.05) is 23.8 Å². The van der Waals surface area contributed by atoms with Crippen molar-refractivity contribution >= 4 is 49.7 Å².